The second kappa shape index (κ2) is 12.4. The topological polar surface area (TPSA) is 96.9 Å². The zero-order valence-electron chi connectivity index (χ0n) is 21.7. The van der Waals surface area contributed by atoms with Crippen molar-refractivity contribution < 1.29 is 24.2 Å². The Hall–Kier alpha value is -4.14. The molecule has 0 aliphatic carbocycles. The third kappa shape index (κ3) is 6.35. The molecule has 1 aliphatic heterocycles. The number of carboxylic acid groups (broad SMARTS) is 1. The highest BCUT2D eigenvalue weighted by Crippen LogP contribution is 2.35. The molecule has 8 heteroatoms. The number of amides is 1. The van der Waals surface area contributed by atoms with Gasteiger partial charge in [0.1, 0.15) is 24.7 Å². The van der Waals surface area contributed by atoms with E-state index in [2.05, 4.69) is 26.6 Å². The Morgan fingerprint density at radius 3 is 2.25 bits per heavy atom. The van der Waals surface area contributed by atoms with Gasteiger partial charge in [-0.15, -0.1) is 0 Å². The van der Waals surface area contributed by atoms with E-state index in [4.69, 9.17) is 9.47 Å². The summed E-state index contributed by atoms with van der Waals surface area (Å²) in [4.78, 5) is 25.6. The van der Waals surface area contributed by atoms with Crippen LogP contribution in [0.5, 0.6) is 11.5 Å². The van der Waals surface area contributed by atoms with Gasteiger partial charge in [-0.2, -0.15) is 0 Å². The molecule has 1 amide bonds. The summed E-state index contributed by atoms with van der Waals surface area (Å²) in [7, 11) is 0. The van der Waals surface area contributed by atoms with Crippen molar-refractivity contribution in [2.75, 3.05) is 6.54 Å². The first-order valence-electron chi connectivity index (χ1n) is 13.0. The molecule has 1 fully saturated rings. The lowest BCUT2D eigenvalue weighted by Crippen LogP contribution is -2.63. The maximum absolute atomic E-state index is 13.2. The molecule has 3 N–H and O–H groups in total. The number of aliphatic carboxylic acids is 1. The molecule has 4 aromatic rings. The minimum Gasteiger partial charge on any atom is -0.489 e. The zero-order valence-corrected chi connectivity index (χ0v) is 23.3. The molecule has 2 unspecified atom stereocenters. The second-order valence-corrected chi connectivity index (χ2v) is 10.5. The van der Waals surface area contributed by atoms with Gasteiger partial charge in [0.25, 0.3) is 5.91 Å². The van der Waals surface area contributed by atoms with Gasteiger partial charge in [-0.25, -0.2) is 4.79 Å². The van der Waals surface area contributed by atoms with Crippen molar-refractivity contribution in [1.29, 1.82) is 0 Å². The van der Waals surface area contributed by atoms with E-state index in [0.29, 0.717) is 37.5 Å². The van der Waals surface area contributed by atoms with Crippen LogP contribution in [0.3, 0.4) is 0 Å². The van der Waals surface area contributed by atoms with Crippen LogP contribution in [0.4, 0.5) is 0 Å². The van der Waals surface area contributed by atoms with Gasteiger partial charge >= 0.3 is 5.97 Å². The van der Waals surface area contributed by atoms with Crippen molar-refractivity contribution in [3.05, 3.63) is 130 Å². The van der Waals surface area contributed by atoms with E-state index in [1.165, 1.54) is 0 Å². The van der Waals surface area contributed by atoms with Crippen molar-refractivity contribution >= 4 is 27.8 Å². The largest absolute Gasteiger partial charge is 0.489 e. The van der Waals surface area contributed by atoms with Crippen LogP contribution in [-0.2, 0) is 18.0 Å². The fourth-order valence-corrected chi connectivity index (χ4v) is 5.13. The van der Waals surface area contributed by atoms with E-state index < -0.39 is 23.5 Å². The van der Waals surface area contributed by atoms with Gasteiger partial charge in [0, 0.05) is 16.0 Å². The molecule has 1 saturated heterocycles. The molecule has 4 aromatic carbocycles. The van der Waals surface area contributed by atoms with E-state index in [1.54, 1.807) is 24.3 Å². The average Bonchev–Trinajstić information content (AvgIpc) is 3.41. The highest BCUT2D eigenvalue weighted by Gasteiger charge is 2.51. The molecular weight excluding hydrogens is 572 g/mol. The third-order valence-corrected chi connectivity index (χ3v) is 7.48. The van der Waals surface area contributed by atoms with Crippen molar-refractivity contribution in [1.82, 2.24) is 10.6 Å². The molecule has 2 atom stereocenters. The van der Waals surface area contributed by atoms with Gasteiger partial charge in [-0.3, -0.25) is 10.1 Å². The van der Waals surface area contributed by atoms with Gasteiger partial charge in [0.15, 0.2) is 5.66 Å². The number of nitrogens with one attached hydrogen (secondary N) is 2. The summed E-state index contributed by atoms with van der Waals surface area (Å²) in [6.07, 6.45) is 0.583. The highest BCUT2D eigenvalue weighted by atomic mass is 79.9. The van der Waals surface area contributed by atoms with Gasteiger partial charge in [-0.05, 0) is 78.2 Å². The van der Waals surface area contributed by atoms with Crippen LogP contribution >= 0.6 is 15.9 Å². The second-order valence-electron chi connectivity index (χ2n) is 9.62. The SMILES string of the molecule is O=C(NC1(C(=O)O)NCCC1c1ccc(Br)cc1)c1ccc(OCc2cccc(OCc3ccccc3)c2)cc1. The standard InChI is InChI=1S/C32H29BrN2O5/c33-26-13-9-24(10-14-26)29-17-18-34-32(29,31(37)38)35-30(36)25-11-15-27(16-12-25)39-21-23-7-4-8-28(19-23)40-20-22-5-2-1-3-6-22/h1-16,19,29,34H,17-18,20-21H2,(H,35,36)(H,37,38). The Kier molecular flexibility index (Phi) is 8.48. The number of hydrogen-bond donors (Lipinski definition) is 3. The summed E-state index contributed by atoms with van der Waals surface area (Å²) < 4.78 is 12.7. The van der Waals surface area contributed by atoms with E-state index in [0.717, 1.165) is 26.9 Å². The normalized spacial score (nSPS) is 18.2. The smallest absolute Gasteiger partial charge is 0.345 e. The molecule has 0 radical (unpaired) electrons. The minimum atomic E-state index is -1.60. The predicted molar refractivity (Wildman–Crippen MR) is 155 cm³/mol. The van der Waals surface area contributed by atoms with Crippen molar-refractivity contribution in [2.45, 2.75) is 31.2 Å². The monoisotopic (exact) mass is 600 g/mol. The molecule has 5 rings (SSSR count). The van der Waals surface area contributed by atoms with Gasteiger partial charge in [0.2, 0.25) is 0 Å². The van der Waals surface area contributed by atoms with Gasteiger partial charge < -0.3 is 19.9 Å². The number of rotatable bonds is 10. The first-order chi connectivity index (χ1) is 19.4. The Labute approximate surface area is 241 Å². The van der Waals surface area contributed by atoms with Crippen LogP contribution < -0.4 is 20.1 Å². The highest BCUT2D eigenvalue weighted by molar-refractivity contribution is 9.10. The molecule has 1 aliphatic rings. The summed E-state index contributed by atoms with van der Waals surface area (Å²) in [5, 5.41) is 16.0. The Bertz CT molecular complexity index is 1460. The Morgan fingerprint density at radius 1 is 0.850 bits per heavy atom. The predicted octanol–water partition coefficient (Wildman–Crippen LogP) is 5.89. The lowest BCUT2D eigenvalue weighted by Gasteiger charge is -2.32. The minimum absolute atomic E-state index is 0.328. The number of carbonyl (C=O) groups excluding carboxylic acids is 1. The number of hydrogen-bond acceptors (Lipinski definition) is 5. The summed E-state index contributed by atoms with van der Waals surface area (Å²) in [5.74, 6) is -0.676. The van der Waals surface area contributed by atoms with E-state index in [-0.39, 0.29) is 0 Å². The van der Waals surface area contributed by atoms with Crippen molar-refractivity contribution in [3.63, 3.8) is 0 Å². The summed E-state index contributed by atoms with van der Waals surface area (Å²) in [5.41, 5.74) is 1.62. The molecule has 0 saturated carbocycles. The number of benzene rings is 4. The number of carbonyl (C=O) groups is 2. The molecule has 40 heavy (non-hydrogen) atoms. The van der Waals surface area contributed by atoms with Crippen LogP contribution in [0.25, 0.3) is 0 Å². The summed E-state index contributed by atoms with van der Waals surface area (Å²) in [6.45, 7) is 1.28. The van der Waals surface area contributed by atoms with Crippen molar-refractivity contribution in [3.8, 4) is 11.5 Å². The van der Waals surface area contributed by atoms with Crippen LogP contribution in [0.2, 0.25) is 0 Å². The molecule has 1 heterocycles. The fraction of sp³-hybridized carbons (Fsp3) is 0.188. The van der Waals surface area contributed by atoms with E-state index in [1.807, 2.05) is 78.9 Å². The molecule has 0 spiro atoms. The van der Waals surface area contributed by atoms with Crippen LogP contribution in [0.1, 0.15) is 39.4 Å². The number of carboxylic acids is 1. The summed E-state index contributed by atoms with van der Waals surface area (Å²) >= 11 is 3.41. The fourth-order valence-electron chi connectivity index (χ4n) is 4.86. The Balaban J connectivity index is 1.20. The lowest BCUT2D eigenvalue weighted by atomic mass is 9.86. The van der Waals surface area contributed by atoms with Crippen LogP contribution in [-0.4, -0.2) is 29.2 Å². The first kappa shape index (κ1) is 27.4. The lowest BCUT2D eigenvalue weighted by molar-refractivity contribution is -0.146. The molecule has 0 aromatic heterocycles. The third-order valence-electron chi connectivity index (χ3n) is 6.95. The number of halogens is 1. The maximum atomic E-state index is 13.2. The first-order valence-corrected chi connectivity index (χ1v) is 13.8. The van der Waals surface area contributed by atoms with Gasteiger partial charge in [0.05, 0.1) is 0 Å². The summed E-state index contributed by atoms with van der Waals surface area (Å²) in [6, 6.07) is 31.8. The van der Waals surface area contributed by atoms with E-state index in [9.17, 15) is 14.7 Å². The zero-order chi connectivity index (χ0) is 28.0. The molecular formula is C32H29BrN2O5. The molecule has 7 nitrogen and oxygen atoms in total. The van der Waals surface area contributed by atoms with Crippen LogP contribution in [0.15, 0.2) is 108 Å². The average molecular weight is 601 g/mol. The molecule has 204 valence electrons. The maximum Gasteiger partial charge on any atom is 0.345 e. The van der Waals surface area contributed by atoms with Crippen molar-refractivity contribution in [2.24, 2.45) is 0 Å². The van der Waals surface area contributed by atoms with Gasteiger partial charge in [-0.1, -0.05) is 70.5 Å². The van der Waals surface area contributed by atoms with Crippen LogP contribution in [0, 0.1) is 0 Å². The number of ether oxygens (including phenoxy) is 2. The quantitative estimate of drug-likeness (QED) is 0.210. The van der Waals surface area contributed by atoms with E-state index >= 15 is 0 Å². The molecule has 0 bridgehead atoms. The Morgan fingerprint density at radius 2 is 1.52 bits per heavy atom.